The predicted molar refractivity (Wildman–Crippen MR) is 69.8 cm³/mol. The topological polar surface area (TPSA) is 28.4 Å². The predicted octanol–water partition coefficient (Wildman–Crippen LogP) is 2.49. The second-order valence-electron chi connectivity index (χ2n) is 5.09. The summed E-state index contributed by atoms with van der Waals surface area (Å²) in [6.07, 6.45) is 4.60. The summed E-state index contributed by atoms with van der Waals surface area (Å²) in [5.74, 6) is 1.99. The van der Waals surface area contributed by atoms with Crippen molar-refractivity contribution >= 4 is 0 Å². The molecule has 0 saturated heterocycles. The molecule has 0 aromatic carbocycles. The van der Waals surface area contributed by atoms with Crippen LogP contribution in [0.15, 0.2) is 22.8 Å². The van der Waals surface area contributed by atoms with Crippen molar-refractivity contribution in [3.05, 3.63) is 24.2 Å². The lowest BCUT2D eigenvalue weighted by Crippen LogP contribution is -2.41. The van der Waals surface area contributed by atoms with Crippen molar-refractivity contribution in [3.63, 3.8) is 0 Å². The van der Waals surface area contributed by atoms with Gasteiger partial charge in [-0.1, -0.05) is 6.92 Å². The van der Waals surface area contributed by atoms with Crippen molar-refractivity contribution in [1.82, 2.24) is 10.2 Å². The van der Waals surface area contributed by atoms with Gasteiger partial charge in [0.2, 0.25) is 0 Å². The molecule has 0 bridgehead atoms. The smallest absolute Gasteiger partial charge is 0.117 e. The molecule has 1 fully saturated rings. The first-order chi connectivity index (χ1) is 8.29. The molecule has 3 nitrogen and oxygen atoms in total. The normalized spacial score (nSPS) is 17.6. The second-order valence-corrected chi connectivity index (χ2v) is 5.09. The minimum Gasteiger partial charge on any atom is -0.468 e. The third-order valence-electron chi connectivity index (χ3n) is 3.54. The first-order valence-corrected chi connectivity index (χ1v) is 6.76. The first-order valence-electron chi connectivity index (χ1n) is 6.76. The van der Waals surface area contributed by atoms with E-state index in [1.807, 2.05) is 12.1 Å². The Bertz CT molecular complexity index is 306. The van der Waals surface area contributed by atoms with Gasteiger partial charge in [-0.25, -0.2) is 0 Å². The van der Waals surface area contributed by atoms with Crippen LogP contribution in [0.5, 0.6) is 0 Å². The molecule has 1 aromatic heterocycles. The third kappa shape index (κ3) is 4.17. The zero-order valence-corrected chi connectivity index (χ0v) is 11.0. The van der Waals surface area contributed by atoms with Crippen molar-refractivity contribution in [2.45, 2.75) is 39.3 Å². The molecule has 1 aliphatic rings. The average molecular weight is 236 g/mol. The monoisotopic (exact) mass is 236 g/mol. The quantitative estimate of drug-likeness (QED) is 0.751. The minimum atomic E-state index is 0.607. The summed E-state index contributed by atoms with van der Waals surface area (Å²) < 4.78 is 5.30. The molecule has 1 aromatic rings. The maximum atomic E-state index is 5.30. The van der Waals surface area contributed by atoms with Crippen LogP contribution in [-0.4, -0.2) is 30.6 Å². The van der Waals surface area contributed by atoms with Gasteiger partial charge in [0.15, 0.2) is 0 Å². The SMILES string of the molecule is CCN(CC1CC1)C(C)CNCc1ccco1. The van der Waals surface area contributed by atoms with Crippen molar-refractivity contribution in [2.75, 3.05) is 19.6 Å². The van der Waals surface area contributed by atoms with E-state index in [0.29, 0.717) is 6.04 Å². The minimum absolute atomic E-state index is 0.607. The highest BCUT2D eigenvalue weighted by molar-refractivity contribution is 4.97. The Labute approximate surface area is 104 Å². The van der Waals surface area contributed by atoms with E-state index in [0.717, 1.165) is 31.3 Å². The van der Waals surface area contributed by atoms with Gasteiger partial charge in [0.05, 0.1) is 12.8 Å². The van der Waals surface area contributed by atoms with Gasteiger partial charge in [0, 0.05) is 19.1 Å². The summed E-state index contributed by atoms with van der Waals surface area (Å²) in [6.45, 7) is 8.85. The largest absolute Gasteiger partial charge is 0.468 e. The lowest BCUT2D eigenvalue weighted by Gasteiger charge is -2.28. The van der Waals surface area contributed by atoms with Crippen LogP contribution in [0.4, 0.5) is 0 Å². The molecule has 0 aliphatic heterocycles. The molecular formula is C14H24N2O. The maximum absolute atomic E-state index is 5.30. The standard InChI is InChI=1S/C14H24N2O/c1-3-16(11-13-6-7-13)12(2)9-15-10-14-5-4-8-17-14/h4-5,8,12-13,15H,3,6-7,9-11H2,1-2H3. The molecule has 17 heavy (non-hydrogen) atoms. The van der Waals surface area contributed by atoms with Gasteiger partial charge in [-0.2, -0.15) is 0 Å². The van der Waals surface area contributed by atoms with E-state index < -0.39 is 0 Å². The number of furan rings is 1. The highest BCUT2D eigenvalue weighted by atomic mass is 16.3. The zero-order chi connectivity index (χ0) is 12.1. The summed E-state index contributed by atoms with van der Waals surface area (Å²) in [7, 11) is 0. The van der Waals surface area contributed by atoms with Crippen molar-refractivity contribution in [2.24, 2.45) is 5.92 Å². The molecule has 1 N–H and O–H groups in total. The average Bonchev–Trinajstić information content (AvgIpc) is 3.01. The van der Waals surface area contributed by atoms with Gasteiger partial charge in [0.25, 0.3) is 0 Å². The van der Waals surface area contributed by atoms with Crippen molar-refractivity contribution < 1.29 is 4.42 Å². The Morgan fingerprint density at radius 2 is 2.35 bits per heavy atom. The lowest BCUT2D eigenvalue weighted by atomic mass is 10.2. The molecule has 1 aliphatic carbocycles. The third-order valence-corrected chi connectivity index (χ3v) is 3.54. The van der Waals surface area contributed by atoms with Crippen LogP contribution in [0.25, 0.3) is 0 Å². The Balaban J connectivity index is 1.65. The number of nitrogens with zero attached hydrogens (tertiary/aromatic N) is 1. The highest BCUT2D eigenvalue weighted by Gasteiger charge is 2.25. The van der Waals surface area contributed by atoms with Gasteiger partial charge in [0.1, 0.15) is 5.76 Å². The van der Waals surface area contributed by atoms with E-state index in [2.05, 4.69) is 24.1 Å². The van der Waals surface area contributed by atoms with Gasteiger partial charge >= 0.3 is 0 Å². The van der Waals surface area contributed by atoms with Crippen LogP contribution < -0.4 is 5.32 Å². The molecule has 3 heteroatoms. The Morgan fingerprint density at radius 1 is 1.53 bits per heavy atom. The van der Waals surface area contributed by atoms with Gasteiger partial charge in [-0.3, -0.25) is 4.90 Å². The number of nitrogens with one attached hydrogen (secondary N) is 1. The number of likely N-dealkylation sites (N-methyl/N-ethyl adjacent to an activating group) is 1. The fourth-order valence-electron chi connectivity index (χ4n) is 2.20. The van der Waals surface area contributed by atoms with Gasteiger partial charge in [-0.05, 0) is 44.4 Å². The van der Waals surface area contributed by atoms with Crippen LogP contribution >= 0.6 is 0 Å². The van der Waals surface area contributed by atoms with E-state index in [1.165, 1.54) is 19.4 Å². The summed E-state index contributed by atoms with van der Waals surface area (Å²) >= 11 is 0. The molecule has 1 atom stereocenters. The van der Waals surface area contributed by atoms with Crippen LogP contribution in [0, 0.1) is 5.92 Å². The Morgan fingerprint density at radius 3 is 2.94 bits per heavy atom. The second kappa shape index (κ2) is 6.22. The summed E-state index contributed by atoms with van der Waals surface area (Å²) in [5.41, 5.74) is 0. The van der Waals surface area contributed by atoms with Gasteiger partial charge in [-0.15, -0.1) is 0 Å². The fraction of sp³-hybridized carbons (Fsp3) is 0.714. The number of rotatable bonds is 8. The molecule has 1 heterocycles. The molecule has 0 spiro atoms. The van der Waals surface area contributed by atoms with E-state index in [4.69, 9.17) is 4.42 Å². The Hall–Kier alpha value is -0.800. The molecule has 2 rings (SSSR count). The zero-order valence-electron chi connectivity index (χ0n) is 11.0. The summed E-state index contributed by atoms with van der Waals surface area (Å²) in [4.78, 5) is 2.58. The summed E-state index contributed by atoms with van der Waals surface area (Å²) in [5, 5.41) is 3.46. The Kier molecular flexibility index (Phi) is 4.63. The van der Waals surface area contributed by atoms with Crippen molar-refractivity contribution in [3.8, 4) is 0 Å². The van der Waals surface area contributed by atoms with E-state index >= 15 is 0 Å². The number of hydrogen-bond donors (Lipinski definition) is 1. The first kappa shape index (κ1) is 12.7. The molecular weight excluding hydrogens is 212 g/mol. The highest BCUT2D eigenvalue weighted by Crippen LogP contribution is 2.30. The van der Waals surface area contributed by atoms with Crippen LogP contribution in [0.1, 0.15) is 32.4 Å². The molecule has 0 amide bonds. The van der Waals surface area contributed by atoms with E-state index in [9.17, 15) is 0 Å². The lowest BCUT2D eigenvalue weighted by molar-refractivity contribution is 0.205. The molecule has 0 radical (unpaired) electrons. The van der Waals surface area contributed by atoms with Gasteiger partial charge < -0.3 is 9.73 Å². The number of hydrogen-bond acceptors (Lipinski definition) is 3. The molecule has 1 saturated carbocycles. The van der Waals surface area contributed by atoms with Crippen molar-refractivity contribution in [1.29, 1.82) is 0 Å². The van der Waals surface area contributed by atoms with E-state index in [-0.39, 0.29) is 0 Å². The van der Waals surface area contributed by atoms with Crippen LogP contribution in [0.2, 0.25) is 0 Å². The maximum Gasteiger partial charge on any atom is 0.117 e. The van der Waals surface area contributed by atoms with Crippen LogP contribution in [0.3, 0.4) is 0 Å². The summed E-state index contributed by atoms with van der Waals surface area (Å²) in [6, 6.07) is 4.56. The molecule has 1 unspecified atom stereocenters. The van der Waals surface area contributed by atoms with Crippen LogP contribution in [-0.2, 0) is 6.54 Å². The molecule has 96 valence electrons. The van der Waals surface area contributed by atoms with E-state index in [1.54, 1.807) is 6.26 Å². The fourth-order valence-corrected chi connectivity index (χ4v) is 2.20.